The van der Waals surface area contributed by atoms with Gasteiger partial charge in [-0.3, -0.25) is 14.6 Å². The zero-order chi connectivity index (χ0) is 20.1. The third kappa shape index (κ3) is 4.62. The molecular weight excluding hydrogens is 366 g/mol. The third-order valence-corrected chi connectivity index (χ3v) is 5.29. The average molecular weight is 391 g/mol. The van der Waals surface area contributed by atoms with Crippen LogP contribution < -0.4 is 15.5 Å². The van der Waals surface area contributed by atoms with Crippen molar-refractivity contribution in [3.63, 3.8) is 0 Å². The number of nitrogens with zero attached hydrogens (tertiary/aromatic N) is 3. The monoisotopic (exact) mass is 391 g/mol. The Morgan fingerprint density at radius 2 is 2.17 bits per heavy atom. The van der Waals surface area contributed by atoms with Crippen molar-refractivity contribution in [2.45, 2.75) is 38.6 Å². The molecule has 0 bridgehead atoms. The van der Waals surface area contributed by atoms with E-state index < -0.39 is 0 Å². The molecule has 2 aromatic rings. The molecule has 0 unspecified atom stereocenters. The van der Waals surface area contributed by atoms with Crippen LogP contribution in [0.3, 0.4) is 0 Å². The van der Waals surface area contributed by atoms with Gasteiger partial charge >= 0.3 is 0 Å². The molecule has 0 saturated carbocycles. The summed E-state index contributed by atoms with van der Waals surface area (Å²) in [6, 6.07) is 7.33. The lowest BCUT2D eigenvalue weighted by atomic mass is 9.97. The maximum Gasteiger partial charge on any atom is 0.252 e. The molecule has 2 aromatic heterocycles. The summed E-state index contributed by atoms with van der Waals surface area (Å²) < 4.78 is 0. The highest BCUT2D eigenvalue weighted by Gasteiger charge is 2.26. The minimum absolute atomic E-state index is 0.0771. The number of rotatable bonds is 6. The van der Waals surface area contributed by atoms with Crippen molar-refractivity contribution in [1.82, 2.24) is 15.3 Å². The second-order valence-electron chi connectivity index (χ2n) is 7.36. The number of carbonyl (C=O) groups is 2. The van der Waals surface area contributed by atoms with E-state index in [1.165, 1.54) is 18.4 Å². The van der Waals surface area contributed by atoms with Crippen molar-refractivity contribution in [1.29, 1.82) is 0 Å². The maximum absolute atomic E-state index is 12.6. The molecule has 0 radical (unpaired) electrons. The Morgan fingerprint density at radius 1 is 1.24 bits per heavy atom. The quantitative estimate of drug-likeness (QED) is 0.739. The van der Waals surface area contributed by atoms with Crippen molar-refractivity contribution >= 4 is 23.3 Å². The van der Waals surface area contributed by atoms with Crippen molar-refractivity contribution in [2.24, 2.45) is 0 Å². The van der Waals surface area contributed by atoms with E-state index >= 15 is 0 Å². The molecule has 3 heterocycles. The van der Waals surface area contributed by atoms with E-state index in [0.717, 1.165) is 25.0 Å². The van der Waals surface area contributed by atoms with Gasteiger partial charge in [-0.2, -0.15) is 0 Å². The van der Waals surface area contributed by atoms with Gasteiger partial charge in [0.2, 0.25) is 5.91 Å². The summed E-state index contributed by atoms with van der Waals surface area (Å²) in [4.78, 5) is 35.4. The zero-order valence-corrected chi connectivity index (χ0v) is 16.4. The van der Waals surface area contributed by atoms with E-state index in [2.05, 4.69) is 26.7 Å². The van der Waals surface area contributed by atoms with Gasteiger partial charge in [-0.05, 0) is 50.3 Å². The van der Waals surface area contributed by atoms with E-state index in [1.54, 1.807) is 23.4 Å². The molecular formula is C22H25N5O2. The Kier molecular flexibility index (Phi) is 5.84. The number of anilines is 2. The largest absolute Gasteiger partial charge is 0.359 e. The van der Waals surface area contributed by atoms with Crippen LogP contribution in [0.5, 0.6) is 0 Å². The Hall–Kier alpha value is -3.22. The molecule has 150 valence electrons. The maximum atomic E-state index is 12.6. The number of hydrogen-bond donors (Lipinski definition) is 2. The van der Waals surface area contributed by atoms with Crippen molar-refractivity contribution < 1.29 is 9.59 Å². The van der Waals surface area contributed by atoms with Crippen LogP contribution in [0.25, 0.3) is 0 Å². The molecule has 0 fully saturated rings. The van der Waals surface area contributed by atoms with Gasteiger partial charge in [-0.25, -0.2) is 4.98 Å². The Balaban J connectivity index is 1.46. The molecule has 0 spiro atoms. The van der Waals surface area contributed by atoms with Crippen LogP contribution in [-0.4, -0.2) is 34.9 Å². The van der Waals surface area contributed by atoms with Gasteiger partial charge in [0.05, 0.1) is 30.0 Å². The van der Waals surface area contributed by atoms with E-state index in [4.69, 9.17) is 0 Å². The molecule has 1 aliphatic heterocycles. The standard InChI is InChI=1S/C22H25N5O2/c28-20-14-26-21-19(27(20)15-18-8-4-5-10-23-18)12-17(13-25-21)22(29)24-11-9-16-6-2-1-3-7-16/h4-6,8,10,12-13H,1-3,7,9,11,14-15H2,(H,24,29)(H,25,26). The lowest BCUT2D eigenvalue weighted by Crippen LogP contribution is -2.40. The summed E-state index contributed by atoms with van der Waals surface area (Å²) in [6.45, 7) is 1.12. The zero-order valence-electron chi connectivity index (χ0n) is 16.4. The van der Waals surface area contributed by atoms with Crippen molar-refractivity contribution in [3.05, 3.63) is 59.6 Å². The highest BCUT2D eigenvalue weighted by Crippen LogP contribution is 2.29. The summed E-state index contributed by atoms with van der Waals surface area (Å²) in [5, 5.41) is 5.99. The lowest BCUT2D eigenvalue weighted by Gasteiger charge is -2.29. The number of pyridine rings is 2. The number of amides is 2. The molecule has 2 N–H and O–H groups in total. The third-order valence-electron chi connectivity index (χ3n) is 5.29. The topological polar surface area (TPSA) is 87.2 Å². The van der Waals surface area contributed by atoms with Crippen LogP contribution in [0.15, 0.2) is 48.3 Å². The highest BCUT2D eigenvalue weighted by molar-refractivity contribution is 6.04. The van der Waals surface area contributed by atoms with Crippen LogP contribution in [0.4, 0.5) is 11.5 Å². The van der Waals surface area contributed by atoms with E-state index in [0.29, 0.717) is 30.2 Å². The fraction of sp³-hybridized carbons (Fsp3) is 0.364. The molecule has 0 saturated heterocycles. The predicted molar refractivity (Wildman–Crippen MR) is 112 cm³/mol. The average Bonchev–Trinajstić information content (AvgIpc) is 2.77. The minimum Gasteiger partial charge on any atom is -0.359 e. The number of fused-ring (bicyclic) bond motifs is 1. The van der Waals surface area contributed by atoms with Gasteiger partial charge in [-0.1, -0.05) is 17.7 Å². The predicted octanol–water partition coefficient (Wildman–Crippen LogP) is 3.06. The number of allylic oxidation sites excluding steroid dienone is 1. The van der Waals surface area contributed by atoms with Gasteiger partial charge in [0, 0.05) is 18.9 Å². The van der Waals surface area contributed by atoms with Gasteiger partial charge in [-0.15, -0.1) is 0 Å². The Bertz CT molecular complexity index is 926. The summed E-state index contributed by atoms with van der Waals surface area (Å²) >= 11 is 0. The second kappa shape index (κ2) is 8.86. The second-order valence-corrected chi connectivity index (χ2v) is 7.36. The number of nitrogens with one attached hydrogen (secondary N) is 2. The number of aromatic nitrogens is 2. The van der Waals surface area contributed by atoms with Gasteiger partial charge in [0.15, 0.2) is 5.82 Å². The molecule has 7 nitrogen and oxygen atoms in total. The molecule has 0 atom stereocenters. The lowest BCUT2D eigenvalue weighted by molar-refractivity contribution is -0.117. The molecule has 4 rings (SSSR count). The summed E-state index contributed by atoms with van der Waals surface area (Å²) in [7, 11) is 0. The molecule has 2 amide bonds. The molecule has 29 heavy (non-hydrogen) atoms. The highest BCUT2D eigenvalue weighted by atomic mass is 16.2. The first-order valence-electron chi connectivity index (χ1n) is 10.1. The van der Waals surface area contributed by atoms with Crippen LogP contribution in [0.1, 0.15) is 48.2 Å². The van der Waals surface area contributed by atoms with Gasteiger partial charge in [0.25, 0.3) is 5.91 Å². The van der Waals surface area contributed by atoms with Crippen molar-refractivity contribution in [2.75, 3.05) is 23.3 Å². The van der Waals surface area contributed by atoms with Crippen LogP contribution >= 0.6 is 0 Å². The van der Waals surface area contributed by atoms with E-state index in [9.17, 15) is 9.59 Å². The number of carbonyl (C=O) groups excluding carboxylic acids is 2. The fourth-order valence-corrected chi connectivity index (χ4v) is 3.71. The van der Waals surface area contributed by atoms with Crippen LogP contribution in [0, 0.1) is 0 Å². The first-order chi connectivity index (χ1) is 14.2. The van der Waals surface area contributed by atoms with Crippen molar-refractivity contribution in [3.8, 4) is 0 Å². The molecule has 0 aromatic carbocycles. The van der Waals surface area contributed by atoms with E-state index in [-0.39, 0.29) is 18.4 Å². The molecule has 1 aliphatic carbocycles. The molecule has 7 heteroatoms. The summed E-state index contributed by atoms with van der Waals surface area (Å²) in [5.74, 6) is 0.351. The summed E-state index contributed by atoms with van der Waals surface area (Å²) in [6.07, 6.45) is 11.2. The smallest absolute Gasteiger partial charge is 0.252 e. The minimum atomic E-state index is -0.174. The first-order valence-corrected chi connectivity index (χ1v) is 10.1. The fourth-order valence-electron chi connectivity index (χ4n) is 3.71. The van der Waals surface area contributed by atoms with Gasteiger partial charge < -0.3 is 15.5 Å². The molecule has 2 aliphatic rings. The Morgan fingerprint density at radius 3 is 2.97 bits per heavy atom. The number of hydrogen-bond acceptors (Lipinski definition) is 5. The Labute approximate surface area is 170 Å². The van der Waals surface area contributed by atoms with Crippen LogP contribution in [0.2, 0.25) is 0 Å². The van der Waals surface area contributed by atoms with E-state index in [1.807, 2.05) is 18.2 Å². The van der Waals surface area contributed by atoms with Crippen LogP contribution in [-0.2, 0) is 11.3 Å². The normalized spacial score (nSPS) is 15.9. The SMILES string of the molecule is O=C(NCCC1=CCCCC1)c1cnc2c(c1)N(Cc1ccccn1)C(=O)CN2. The first kappa shape index (κ1) is 19.1. The van der Waals surface area contributed by atoms with Gasteiger partial charge in [0.1, 0.15) is 0 Å². The summed E-state index contributed by atoms with van der Waals surface area (Å²) in [5.41, 5.74) is 3.26.